The second kappa shape index (κ2) is 7.03. The van der Waals surface area contributed by atoms with Gasteiger partial charge in [-0.15, -0.1) is 0 Å². The van der Waals surface area contributed by atoms with Crippen LogP contribution in [0, 0.1) is 17.2 Å². The number of hydrogen-bond acceptors (Lipinski definition) is 3. The smallest absolute Gasteiger partial charge is 0.220 e. The molecule has 0 aromatic heterocycles. The Balaban J connectivity index is 0.000000149. The number of carbonyl (C=O) groups is 1. The zero-order chi connectivity index (χ0) is 14.5. The highest BCUT2D eigenvalue weighted by Crippen LogP contribution is 2.29. The Morgan fingerprint density at radius 2 is 2.10 bits per heavy atom. The van der Waals surface area contributed by atoms with Crippen molar-refractivity contribution < 1.29 is 9.18 Å². The summed E-state index contributed by atoms with van der Waals surface area (Å²) >= 11 is 0. The number of hydrogen-bond donors (Lipinski definition) is 1. The van der Waals surface area contributed by atoms with Crippen molar-refractivity contribution in [3.05, 3.63) is 0 Å². The molecule has 0 aromatic carbocycles. The molecule has 2 aliphatic heterocycles. The van der Waals surface area contributed by atoms with Crippen LogP contribution in [0.15, 0.2) is 0 Å². The number of halogens is 1. The van der Waals surface area contributed by atoms with Crippen molar-refractivity contribution in [1.29, 1.82) is 5.26 Å². The summed E-state index contributed by atoms with van der Waals surface area (Å²) < 4.78 is 12.6. The fourth-order valence-corrected chi connectivity index (χ4v) is 3.53. The molecule has 0 radical (unpaired) electrons. The van der Waals surface area contributed by atoms with E-state index in [0.29, 0.717) is 0 Å². The minimum Gasteiger partial charge on any atom is -0.324 e. The molecule has 4 nitrogen and oxygen atoms in total. The van der Waals surface area contributed by atoms with Crippen LogP contribution in [-0.2, 0) is 4.79 Å². The van der Waals surface area contributed by atoms with Crippen molar-refractivity contribution in [3.63, 3.8) is 0 Å². The van der Waals surface area contributed by atoms with Gasteiger partial charge in [0, 0.05) is 19.4 Å². The van der Waals surface area contributed by atoms with Gasteiger partial charge >= 0.3 is 0 Å². The lowest BCUT2D eigenvalue weighted by atomic mass is 9.86. The maximum absolute atomic E-state index is 12.6. The second-order valence-corrected chi connectivity index (χ2v) is 6.04. The van der Waals surface area contributed by atoms with Gasteiger partial charge in [-0.3, -0.25) is 4.79 Å². The summed E-state index contributed by atoms with van der Waals surface area (Å²) in [7, 11) is 0. The van der Waals surface area contributed by atoms with E-state index < -0.39 is 12.2 Å². The predicted octanol–water partition coefficient (Wildman–Crippen LogP) is 2.01. The van der Waals surface area contributed by atoms with Gasteiger partial charge in [0.1, 0.15) is 12.2 Å². The van der Waals surface area contributed by atoms with E-state index in [-0.39, 0.29) is 18.9 Å². The average Bonchev–Trinajstić information content (AvgIpc) is 3.05. The van der Waals surface area contributed by atoms with Crippen LogP contribution in [0.5, 0.6) is 0 Å². The van der Waals surface area contributed by atoms with Crippen LogP contribution < -0.4 is 5.32 Å². The maximum atomic E-state index is 12.6. The molecule has 112 valence electrons. The van der Waals surface area contributed by atoms with Crippen molar-refractivity contribution in [1.82, 2.24) is 10.2 Å². The third-order valence-corrected chi connectivity index (χ3v) is 4.63. The molecule has 20 heavy (non-hydrogen) atoms. The van der Waals surface area contributed by atoms with Gasteiger partial charge in [0.05, 0.1) is 12.6 Å². The number of nitrogens with one attached hydrogen (secondary N) is 1. The predicted molar refractivity (Wildman–Crippen MR) is 74.7 cm³/mol. The molecule has 1 saturated carbocycles. The van der Waals surface area contributed by atoms with Crippen molar-refractivity contribution in [2.75, 3.05) is 13.1 Å². The molecule has 3 rings (SSSR count). The first-order valence-electron chi connectivity index (χ1n) is 7.66. The molecule has 3 aliphatic rings. The summed E-state index contributed by atoms with van der Waals surface area (Å²) in [6, 6.07) is 2.25. The highest BCUT2D eigenvalue weighted by atomic mass is 19.1. The SMILES string of the molecule is C1CCC2NCCC2C1.CC(=O)N1CC(F)CC1C#N. The van der Waals surface area contributed by atoms with E-state index in [4.69, 9.17) is 5.26 Å². The van der Waals surface area contributed by atoms with Crippen LogP contribution >= 0.6 is 0 Å². The second-order valence-electron chi connectivity index (χ2n) is 6.04. The molecule has 2 saturated heterocycles. The average molecular weight is 281 g/mol. The van der Waals surface area contributed by atoms with Crippen molar-refractivity contribution in [2.45, 2.75) is 63.7 Å². The third-order valence-electron chi connectivity index (χ3n) is 4.63. The van der Waals surface area contributed by atoms with Gasteiger partial charge in [-0.2, -0.15) is 5.26 Å². The standard InChI is InChI=1S/C8H15N.C7H9FN2O/c1-2-4-8-7(3-1)5-6-9-8;1-5(11)10-4-6(8)2-7(10)3-9/h7-9H,1-6H2;6-7H,2,4H2,1H3. The molecule has 1 aliphatic carbocycles. The van der Waals surface area contributed by atoms with Crippen molar-refractivity contribution in [2.24, 2.45) is 5.92 Å². The molecule has 0 aromatic rings. The lowest BCUT2D eigenvalue weighted by molar-refractivity contribution is -0.128. The largest absolute Gasteiger partial charge is 0.324 e. The van der Waals surface area contributed by atoms with Crippen molar-refractivity contribution in [3.8, 4) is 6.07 Å². The molecule has 1 N–H and O–H groups in total. The highest BCUT2D eigenvalue weighted by molar-refractivity contribution is 5.74. The van der Waals surface area contributed by atoms with E-state index in [1.165, 1.54) is 50.5 Å². The summed E-state index contributed by atoms with van der Waals surface area (Å²) in [6.07, 6.45) is 6.49. The number of nitrogens with zero attached hydrogens (tertiary/aromatic N) is 2. The van der Waals surface area contributed by atoms with E-state index in [9.17, 15) is 9.18 Å². The van der Waals surface area contributed by atoms with Gasteiger partial charge in [0.2, 0.25) is 5.91 Å². The van der Waals surface area contributed by atoms with E-state index in [1.54, 1.807) is 0 Å². The molecule has 0 bridgehead atoms. The summed E-state index contributed by atoms with van der Waals surface area (Å²) in [4.78, 5) is 12.0. The molecule has 5 heteroatoms. The van der Waals surface area contributed by atoms with Crippen molar-refractivity contribution >= 4 is 5.91 Å². The maximum Gasteiger partial charge on any atom is 0.220 e. The number of rotatable bonds is 0. The molecular weight excluding hydrogens is 257 g/mol. The fourth-order valence-electron chi connectivity index (χ4n) is 3.53. The van der Waals surface area contributed by atoms with Crippen LogP contribution in [0.25, 0.3) is 0 Å². The van der Waals surface area contributed by atoms with Crippen LogP contribution in [-0.4, -0.2) is 42.2 Å². The zero-order valence-electron chi connectivity index (χ0n) is 12.1. The minimum atomic E-state index is -1.02. The van der Waals surface area contributed by atoms with Gasteiger partial charge in [-0.05, 0) is 31.7 Å². The molecule has 4 atom stereocenters. The monoisotopic (exact) mass is 281 g/mol. The fraction of sp³-hybridized carbons (Fsp3) is 0.867. The molecule has 3 fully saturated rings. The first-order chi connectivity index (χ1) is 9.61. The van der Waals surface area contributed by atoms with E-state index >= 15 is 0 Å². The topological polar surface area (TPSA) is 56.1 Å². The van der Waals surface area contributed by atoms with E-state index in [2.05, 4.69) is 5.32 Å². The molecule has 4 unspecified atom stereocenters. The van der Waals surface area contributed by atoms with Crippen LogP contribution in [0.2, 0.25) is 0 Å². The Kier molecular flexibility index (Phi) is 5.36. The zero-order valence-corrected chi connectivity index (χ0v) is 12.1. The number of alkyl halides is 1. The Morgan fingerprint density at radius 3 is 2.70 bits per heavy atom. The van der Waals surface area contributed by atoms with E-state index in [1.807, 2.05) is 6.07 Å². The summed E-state index contributed by atoms with van der Waals surface area (Å²) in [6.45, 7) is 2.71. The van der Waals surface area contributed by atoms with Gasteiger partial charge < -0.3 is 10.2 Å². The summed E-state index contributed by atoms with van der Waals surface area (Å²) in [5.74, 6) is 0.829. The Bertz CT molecular complexity index is 370. The van der Waals surface area contributed by atoms with Gasteiger partial charge in [0.25, 0.3) is 0 Å². The Labute approximate surface area is 120 Å². The lowest BCUT2D eigenvalue weighted by Gasteiger charge is -2.24. The van der Waals surface area contributed by atoms with Gasteiger partial charge in [-0.25, -0.2) is 4.39 Å². The number of nitriles is 1. The summed E-state index contributed by atoms with van der Waals surface area (Å²) in [5, 5.41) is 12.1. The highest BCUT2D eigenvalue weighted by Gasteiger charge is 2.33. The van der Waals surface area contributed by atoms with Gasteiger partial charge in [0.15, 0.2) is 0 Å². The molecule has 2 heterocycles. The Morgan fingerprint density at radius 1 is 1.35 bits per heavy atom. The summed E-state index contributed by atoms with van der Waals surface area (Å²) in [5.41, 5.74) is 0. The molecule has 0 spiro atoms. The number of likely N-dealkylation sites (tertiary alicyclic amines) is 1. The van der Waals surface area contributed by atoms with E-state index in [0.717, 1.165) is 12.0 Å². The van der Waals surface area contributed by atoms with Crippen LogP contribution in [0.1, 0.15) is 45.4 Å². The normalized spacial score (nSPS) is 35.8. The molecular formula is C15H24FN3O. The molecule has 1 amide bonds. The number of amides is 1. The van der Waals surface area contributed by atoms with Gasteiger partial charge in [-0.1, -0.05) is 12.8 Å². The third kappa shape index (κ3) is 3.69. The first-order valence-corrected chi connectivity index (χ1v) is 7.66. The lowest BCUT2D eigenvalue weighted by Crippen LogP contribution is -2.32. The number of fused-ring (bicyclic) bond motifs is 1. The minimum absolute atomic E-state index is 0.0769. The Hall–Kier alpha value is -1.15. The quantitative estimate of drug-likeness (QED) is 0.739. The number of carbonyl (C=O) groups excluding carboxylic acids is 1. The first kappa shape index (κ1) is 15.2. The van der Waals surface area contributed by atoms with Crippen LogP contribution in [0.3, 0.4) is 0 Å². The van der Waals surface area contributed by atoms with Crippen LogP contribution in [0.4, 0.5) is 4.39 Å².